The first-order valence-corrected chi connectivity index (χ1v) is 21.9. The van der Waals surface area contributed by atoms with E-state index in [1.165, 1.54) is 27.6 Å². The molecule has 15 nitrogen and oxygen atoms in total. The van der Waals surface area contributed by atoms with Gasteiger partial charge in [0.25, 0.3) is 5.91 Å². The van der Waals surface area contributed by atoms with Gasteiger partial charge < -0.3 is 14.1 Å². The van der Waals surface area contributed by atoms with Gasteiger partial charge >= 0.3 is 11.4 Å². The fraction of sp³-hybridized carbons (Fsp3) is 0.375. The first-order valence-electron chi connectivity index (χ1n) is 21.9. The SMILES string of the molecule is Cc1cc(-n2nc3c(c2-n2ccn(-c4ccc5c(cnn5C)c4F)c2=O)[C@H](C)N(C(=O)c2oc4cc(C5CCOC(C)(C)C5)ccc4c2C2(c4noc(=O)[nH]4)C[C@@H]2C)CC3)cc(C)c1F. The molecule has 3 aromatic carbocycles. The quantitative estimate of drug-likeness (QED) is 0.168. The molecule has 0 bridgehead atoms. The number of rotatable bonds is 7. The van der Waals surface area contributed by atoms with E-state index in [4.69, 9.17) is 18.8 Å². The molecule has 8 aromatic rings. The largest absolute Gasteiger partial charge is 0.451 e. The van der Waals surface area contributed by atoms with E-state index in [1.807, 2.05) is 26.0 Å². The summed E-state index contributed by atoms with van der Waals surface area (Å²) in [7, 11) is 1.71. The van der Waals surface area contributed by atoms with E-state index in [-0.39, 0.29) is 46.6 Å². The number of aryl methyl sites for hydroxylation is 3. The number of H-pyrrole nitrogens is 1. The molecule has 1 aliphatic carbocycles. The molecule has 3 aliphatic rings. The summed E-state index contributed by atoms with van der Waals surface area (Å²) in [4.78, 5) is 47.0. The number of ether oxygens (including phenoxy) is 1. The van der Waals surface area contributed by atoms with Crippen molar-refractivity contribution in [3.63, 3.8) is 0 Å². The first-order chi connectivity index (χ1) is 31.1. The average molecular weight is 884 g/mol. The van der Waals surface area contributed by atoms with Crippen LogP contribution in [-0.4, -0.2) is 68.4 Å². The minimum atomic E-state index is -0.868. The zero-order chi connectivity index (χ0) is 45.4. The highest BCUT2D eigenvalue weighted by Crippen LogP contribution is 2.60. The number of hydrogen-bond donors (Lipinski definition) is 1. The number of hydrogen-bond acceptors (Lipinski definition) is 9. The lowest BCUT2D eigenvalue weighted by Gasteiger charge is -2.35. The van der Waals surface area contributed by atoms with E-state index in [0.29, 0.717) is 75.8 Å². The maximum absolute atomic E-state index is 16.1. The zero-order valence-electron chi connectivity index (χ0n) is 37.0. The van der Waals surface area contributed by atoms with Crippen LogP contribution in [0.15, 0.2) is 79.6 Å². The van der Waals surface area contributed by atoms with E-state index >= 15 is 13.6 Å². The number of carbonyl (C=O) groups excluding carboxylic acids is 1. The highest BCUT2D eigenvalue weighted by molar-refractivity contribution is 6.01. The van der Waals surface area contributed by atoms with Crippen LogP contribution in [0.5, 0.6) is 0 Å². The summed E-state index contributed by atoms with van der Waals surface area (Å²) in [6, 6.07) is 12.0. The topological polar surface area (TPSA) is 164 Å². The van der Waals surface area contributed by atoms with Gasteiger partial charge in [0.1, 0.15) is 17.2 Å². The Hall–Kier alpha value is -6.88. The molecule has 2 unspecified atom stereocenters. The molecule has 0 spiro atoms. The number of halogens is 2. The van der Waals surface area contributed by atoms with Crippen molar-refractivity contribution in [1.82, 2.24) is 43.7 Å². The van der Waals surface area contributed by atoms with Gasteiger partial charge in [0.2, 0.25) is 0 Å². The maximum atomic E-state index is 16.1. The van der Waals surface area contributed by atoms with Crippen LogP contribution in [0.1, 0.15) is 109 Å². The second kappa shape index (κ2) is 14.3. The fourth-order valence-corrected chi connectivity index (χ4v) is 10.7. The number of fused-ring (bicyclic) bond motifs is 3. The number of carbonyl (C=O) groups is 1. The summed E-state index contributed by atoms with van der Waals surface area (Å²) in [5.41, 5.74) is 3.62. The van der Waals surface area contributed by atoms with Gasteiger partial charge in [-0.1, -0.05) is 24.2 Å². The van der Waals surface area contributed by atoms with Crippen molar-refractivity contribution in [3.05, 3.63) is 139 Å². The van der Waals surface area contributed by atoms with Gasteiger partial charge in [-0.3, -0.25) is 28.1 Å². The number of benzene rings is 3. The zero-order valence-corrected chi connectivity index (χ0v) is 37.0. The van der Waals surface area contributed by atoms with Crippen molar-refractivity contribution in [2.45, 2.75) is 90.2 Å². The molecule has 17 heteroatoms. The minimum absolute atomic E-state index is 0.0241. The molecule has 1 saturated heterocycles. The predicted molar refractivity (Wildman–Crippen MR) is 235 cm³/mol. The van der Waals surface area contributed by atoms with E-state index in [1.54, 1.807) is 59.6 Å². The fourth-order valence-electron chi connectivity index (χ4n) is 10.7. The lowest BCUT2D eigenvalue weighted by molar-refractivity contribution is -0.0593. The van der Waals surface area contributed by atoms with Gasteiger partial charge in [-0.25, -0.2) is 23.1 Å². The van der Waals surface area contributed by atoms with Crippen molar-refractivity contribution in [1.29, 1.82) is 0 Å². The van der Waals surface area contributed by atoms with Crippen LogP contribution < -0.4 is 11.4 Å². The second-order valence-corrected chi connectivity index (χ2v) is 18.7. The molecule has 334 valence electrons. The number of nitrogens with one attached hydrogen (secondary N) is 1. The summed E-state index contributed by atoms with van der Waals surface area (Å²) in [5, 5.41) is 14.4. The number of imidazole rings is 1. The van der Waals surface area contributed by atoms with Crippen LogP contribution >= 0.6 is 0 Å². The summed E-state index contributed by atoms with van der Waals surface area (Å²) in [6.45, 7) is 12.3. The molecule has 11 rings (SSSR count). The molecule has 2 aliphatic heterocycles. The van der Waals surface area contributed by atoms with E-state index in [9.17, 15) is 9.59 Å². The summed E-state index contributed by atoms with van der Waals surface area (Å²) < 4.78 is 54.8. The Bertz CT molecular complexity index is 3380. The van der Waals surface area contributed by atoms with Crippen LogP contribution in [0.3, 0.4) is 0 Å². The number of nitrogens with zero attached hydrogens (tertiary/aromatic N) is 8. The van der Waals surface area contributed by atoms with Crippen LogP contribution in [0.4, 0.5) is 8.78 Å². The van der Waals surface area contributed by atoms with E-state index in [2.05, 4.69) is 35.2 Å². The van der Waals surface area contributed by atoms with Crippen molar-refractivity contribution >= 4 is 27.8 Å². The molecule has 5 aromatic heterocycles. The normalized spacial score (nSPS) is 21.7. The van der Waals surface area contributed by atoms with Crippen LogP contribution in [-0.2, 0) is 23.6 Å². The Morgan fingerprint density at radius 3 is 2.42 bits per heavy atom. The highest BCUT2D eigenvalue weighted by Gasteiger charge is 2.60. The monoisotopic (exact) mass is 883 g/mol. The van der Waals surface area contributed by atoms with Crippen LogP contribution in [0.25, 0.3) is 39.1 Å². The van der Waals surface area contributed by atoms with E-state index in [0.717, 1.165) is 23.8 Å². The molecule has 2 fully saturated rings. The van der Waals surface area contributed by atoms with Crippen molar-refractivity contribution < 1.29 is 27.3 Å². The Kier molecular flexibility index (Phi) is 9.00. The number of furan rings is 1. The summed E-state index contributed by atoms with van der Waals surface area (Å²) in [6.07, 6.45) is 7.02. The van der Waals surface area contributed by atoms with Gasteiger partial charge in [0.15, 0.2) is 17.4 Å². The van der Waals surface area contributed by atoms with Gasteiger partial charge in [0.05, 0.1) is 51.2 Å². The lowest BCUT2D eigenvalue weighted by Crippen LogP contribution is -2.40. The molecule has 1 amide bonds. The molecule has 0 radical (unpaired) electrons. The van der Waals surface area contributed by atoms with Crippen LogP contribution in [0, 0.1) is 31.4 Å². The highest BCUT2D eigenvalue weighted by atomic mass is 19.1. The third-order valence-corrected chi connectivity index (χ3v) is 14.2. The molecule has 7 heterocycles. The summed E-state index contributed by atoms with van der Waals surface area (Å²) in [5.74, 6) is -1.09. The Labute approximate surface area is 370 Å². The number of aromatic nitrogens is 8. The number of amides is 1. The smallest absolute Gasteiger partial charge is 0.438 e. The molecular weight excluding hydrogens is 837 g/mol. The Morgan fingerprint density at radius 1 is 0.954 bits per heavy atom. The number of aromatic amines is 1. The lowest BCUT2D eigenvalue weighted by atomic mass is 9.83. The van der Waals surface area contributed by atoms with Gasteiger partial charge in [-0.2, -0.15) is 10.2 Å². The molecular formula is C48H47F2N9O6. The first kappa shape index (κ1) is 40.9. The molecule has 65 heavy (non-hydrogen) atoms. The maximum Gasteiger partial charge on any atom is 0.438 e. The minimum Gasteiger partial charge on any atom is -0.451 e. The standard InChI is InChI=1S/C48H47F2N9O6/c1-24-18-30(19-25(2)39(24)49)59-42(58-16-15-57(46(58)62)35-11-10-34-32(40(35)50)23-51-55(34)7)37-27(4)56(14-12-33(37)53-59)43(60)41-38(48(21-26(48)3)44-52-45(61)65-54-44)31-9-8-28(20-36(31)64-41)29-13-17-63-47(5,6)22-29/h8-11,15-16,18-20,23,26-27,29H,12-14,17,21-22H2,1-7H3,(H,52,54,61)/t26-,27-,29?,48?/m0/s1. The van der Waals surface area contributed by atoms with Gasteiger partial charge in [-0.15, -0.1) is 0 Å². The average Bonchev–Trinajstić information content (AvgIpc) is 3.90. The van der Waals surface area contributed by atoms with Gasteiger partial charge in [0, 0.05) is 55.5 Å². The Morgan fingerprint density at radius 2 is 1.71 bits per heavy atom. The second-order valence-electron chi connectivity index (χ2n) is 18.7. The van der Waals surface area contributed by atoms with Crippen LogP contribution in [0.2, 0.25) is 0 Å². The Balaban J connectivity index is 1.06. The molecule has 1 saturated carbocycles. The predicted octanol–water partition coefficient (Wildman–Crippen LogP) is 7.78. The summed E-state index contributed by atoms with van der Waals surface area (Å²) >= 11 is 0. The van der Waals surface area contributed by atoms with E-state index < -0.39 is 34.6 Å². The van der Waals surface area contributed by atoms with Gasteiger partial charge in [-0.05, 0) is 113 Å². The molecule has 4 atom stereocenters. The van der Waals surface area contributed by atoms with Crippen molar-refractivity contribution in [2.75, 3.05) is 13.2 Å². The third kappa shape index (κ3) is 6.14. The van der Waals surface area contributed by atoms with Crippen molar-refractivity contribution in [3.8, 4) is 17.2 Å². The van der Waals surface area contributed by atoms with Crippen molar-refractivity contribution in [2.24, 2.45) is 13.0 Å². The third-order valence-electron chi connectivity index (χ3n) is 14.2. The molecule has 1 N–H and O–H groups in total.